The molecule has 0 amide bonds. The standard InChI is InChI=1S/C12H11ClN2O2/c1-15-7-9(6-14-15)8-3-4-10(11(13)5-8)12(16)17-2/h3-7H,1-2H3. The van der Waals surface area contributed by atoms with Gasteiger partial charge in [-0.3, -0.25) is 4.68 Å². The topological polar surface area (TPSA) is 44.1 Å². The van der Waals surface area contributed by atoms with Gasteiger partial charge in [-0.2, -0.15) is 5.10 Å². The Bertz CT molecular complexity index is 563. The summed E-state index contributed by atoms with van der Waals surface area (Å²) in [6.45, 7) is 0. The fourth-order valence-electron chi connectivity index (χ4n) is 1.54. The fraction of sp³-hybridized carbons (Fsp3) is 0.167. The number of methoxy groups -OCH3 is 1. The second-order valence-corrected chi connectivity index (χ2v) is 4.00. The van der Waals surface area contributed by atoms with E-state index in [1.165, 1.54) is 7.11 Å². The summed E-state index contributed by atoms with van der Waals surface area (Å²) >= 11 is 6.03. The Morgan fingerprint density at radius 3 is 2.71 bits per heavy atom. The van der Waals surface area contributed by atoms with Gasteiger partial charge in [0, 0.05) is 18.8 Å². The maximum Gasteiger partial charge on any atom is 0.339 e. The summed E-state index contributed by atoms with van der Waals surface area (Å²) < 4.78 is 6.33. The predicted molar refractivity (Wildman–Crippen MR) is 65.0 cm³/mol. The van der Waals surface area contributed by atoms with E-state index < -0.39 is 5.97 Å². The first-order chi connectivity index (χ1) is 8.11. The van der Waals surface area contributed by atoms with Gasteiger partial charge in [0.2, 0.25) is 0 Å². The minimum atomic E-state index is -0.437. The molecule has 0 saturated carbocycles. The highest BCUT2D eigenvalue weighted by atomic mass is 35.5. The molecular weight excluding hydrogens is 240 g/mol. The molecule has 88 valence electrons. The van der Waals surface area contributed by atoms with Crippen LogP contribution in [0.15, 0.2) is 30.6 Å². The lowest BCUT2D eigenvalue weighted by atomic mass is 10.1. The van der Waals surface area contributed by atoms with Gasteiger partial charge in [-0.1, -0.05) is 17.7 Å². The molecule has 17 heavy (non-hydrogen) atoms. The van der Waals surface area contributed by atoms with E-state index in [-0.39, 0.29) is 0 Å². The molecule has 1 aromatic heterocycles. The first kappa shape index (κ1) is 11.7. The number of aromatic nitrogens is 2. The van der Waals surface area contributed by atoms with Crippen LogP contribution in [0.5, 0.6) is 0 Å². The summed E-state index contributed by atoms with van der Waals surface area (Å²) in [4.78, 5) is 11.4. The van der Waals surface area contributed by atoms with Crippen molar-refractivity contribution >= 4 is 17.6 Å². The fourth-order valence-corrected chi connectivity index (χ4v) is 1.80. The maximum absolute atomic E-state index is 11.4. The lowest BCUT2D eigenvalue weighted by Crippen LogP contribution is -2.01. The Balaban J connectivity index is 2.40. The van der Waals surface area contributed by atoms with E-state index in [1.54, 1.807) is 23.0 Å². The van der Waals surface area contributed by atoms with Crippen molar-refractivity contribution in [2.75, 3.05) is 7.11 Å². The van der Waals surface area contributed by atoms with Gasteiger partial charge in [0.25, 0.3) is 0 Å². The summed E-state index contributed by atoms with van der Waals surface area (Å²) in [5.41, 5.74) is 2.23. The van der Waals surface area contributed by atoms with Crippen LogP contribution in [0, 0.1) is 0 Å². The number of aryl methyl sites for hydroxylation is 1. The van der Waals surface area contributed by atoms with Crippen molar-refractivity contribution in [1.29, 1.82) is 0 Å². The van der Waals surface area contributed by atoms with Gasteiger partial charge in [0.15, 0.2) is 0 Å². The molecule has 2 aromatic rings. The first-order valence-electron chi connectivity index (χ1n) is 4.98. The number of rotatable bonds is 2. The van der Waals surface area contributed by atoms with E-state index in [1.807, 2.05) is 19.3 Å². The predicted octanol–water partition coefficient (Wildman–Crippen LogP) is 2.53. The number of carbonyl (C=O) groups is 1. The number of nitrogens with zero attached hydrogens (tertiary/aromatic N) is 2. The highest BCUT2D eigenvalue weighted by molar-refractivity contribution is 6.33. The molecule has 1 heterocycles. The molecule has 0 N–H and O–H groups in total. The van der Waals surface area contributed by atoms with Crippen LogP contribution >= 0.6 is 11.6 Å². The zero-order valence-electron chi connectivity index (χ0n) is 9.48. The second kappa shape index (κ2) is 4.59. The molecule has 4 nitrogen and oxygen atoms in total. The van der Waals surface area contributed by atoms with Crippen molar-refractivity contribution in [2.45, 2.75) is 0 Å². The van der Waals surface area contributed by atoms with Crippen LogP contribution in [0.3, 0.4) is 0 Å². The molecule has 5 heteroatoms. The summed E-state index contributed by atoms with van der Waals surface area (Å²) in [5.74, 6) is -0.437. The number of ether oxygens (including phenoxy) is 1. The number of benzene rings is 1. The Kier molecular flexibility index (Phi) is 3.15. The number of hydrogen-bond acceptors (Lipinski definition) is 3. The van der Waals surface area contributed by atoms with Crippen LogP contribution in [0.1, 0.15) is 10.4 Å². The van der Waals surface area contributed by atoms with Gasteiger partial charge < -0.3 is 4.74 Å². The maximum atomic E-state index is 11.4. The minimum Gasteiger partial charge on any atom is -0.465 e. The zero-order valence-corrected chi connectivity index (χ0v) is 10.2. The number of halogens is 1. The van der Waals surface area contributed by atoms with Crippen molar-refractivity contribution in [3.8, 4) is 11.1 Å². The molecule has 0 aliphatic carbocycles. The van der Waals surface area contributed by atoms with Gasteiger partial charge in [0.1, 0.15) is 0 Å². The first-order valence-corrected chi connectivity index (χ1v) is 5.36. The SMILES string of the molecule is COC(=O)c1ccc(-c2cnn(C)c2)cc1Cl. The lowest BCUT2D eigenvalue weighted by molar-refractivity contribution is 0.0601. The molecule has 2 rings (SSSR count). The molecule has 0 aliphatic heterocycles. The third-order valence-corrected chi connectivity index (χ3v) is 2.73. The summed E-state index contributed by atoms with van der Waals surface area (Å²) in [7, 11) is 3.17. The third kappa shape index (κ3) is 2.31. The monoisotopic (exact) mass is 250 g/mol. The molecule has 0 radical (unpaired) electrons. The van der Waals surface area contributed by atoms with Crippen LogP contribution < -0.4 is 0 Å². The van der Waals surface area contributed by atoms with Crippen molar-refractivity contribution in [3.05, 3.63) is 41.2 Å². The van der Waals surface area contributed by atoms with E-state index in [2.05, 4.69) is 9.84 Å². The van der Waals surface area contributed by atoms with E-state index in [0.29, 0.717) is 10.6 Å². The van der Waals surface area contributed by atoms with Crippen molar-refractivity contribution in [2.24, 2.45) is 7.05 Å². The van der Waals surface area contributed by atoms with Crippen LogP contribution in [-0.4, -0.2) is 22.9 Å². The molecule has 0 spiro atoms. The van der Waals surface area contributed by atoms with E-state index >= 15 is 0 Å². The van der Waals surface area contributed by atoms with E-state index in [9.17, 15) is 4.79 Å². The Labute approximate surface area is 104 Å². The van der Waals surface area contributed by atoms with Crippen LogP contribution in [0.2, 0.25) is 5.02 Å². The van der Waals surface area contributed by atoms with Crippen LogP contribution in [0.4, 0.5) is 0 Å². The molecule has 0 saturated heterocycles. The van der Waals surface area contributed by atoms with Gasteiger partial charge >= 0.3 is 5.97 Å². The van der Waals surface area contributed by atoms with Crippen molar-refractivity contribution in [3.63, 3.8) is 0 Å². The summed E-state index contributed by atoms with van der Waals surface area (Å²) in [6, 6.07) is 5.19. The highest BCUT2D eigenvalue weighted by Gasteiger charge is 2.11. The smallest absolute Gasteiger partial charge is 0.339 e. The summed E-state index contributed by atoms with van der Waals surface area (Å²) in [5, 5.41) is 4.45. The van der Waals surface area contributed by atoms with Gasteiger partial charge in [-0.15, -0.1) is 0 Å². The highest BCUT2D eigenvalue weighted by Crippen LogP contribution is 2.25. The Hall–Kier alpha value is -1.81. The van der Waals surface area contributed by atoms with Crippen molar-refractivity contribution in [1.82, 2.24) is 9.78 Å². The minimum absolute atomic E-state index is 0.363. The third-order valence-electron chi connectivity index (χ3n) is 2.41. The quantitative estimate of drug-likeness (QED) is 0.770. The van der Waals surface area contributed by atoms with Gasteiger partial charge in [-0.25, -0.2) is 4.79 Å². The number of hydrogen-bond donors (Lipinski definition) is 0. The Morgan fingerprint density at radius 2 is 2.18 bits per heavy atom. The zero-order chi connectivity index (χ0) is 12.4. The Morgan fingerprint density at radius 1 is 1.41 bits per heavy atom. The molecule has 0 bridgehead atoms. The molecule has 0 unspecified atom stereocenters. The normalized spacial score (nSPS) is 10.3. The van der Waals surface area contributed by atoms with Crippen LogP contribution in [0.25, 0.3) is 11.1 Å². The molecular formula is C12H11ClN2O2. The molecule has 1 aromatic carbocycles. The summed E-state index contributed by atoms with van der Waals surface area (Å²) in [6.07, 6.45) is 3.62. The average molecular weight is 251 g/mol. The van der Waals surface area contributed by atoms with Gasteiger partial charge in [-0.05, 0) is 17.7 Å². The average Bonchev–Trinajstić information content (AvgIpc) is 2.75. The lowest BCUT2D eigenvalue weighted by Gasteiger charge is -2.04. The van der Waals surface area contributed by atoms with E-state index in [4.69, 9.17) is 11.6 Å². The van der Waals surface area contributed by atoms with E-state index in [0.717, 1.165) is 11.1 Å². The molecule has 0 fully saturated rings. The number of esters is 1. The largest absolute Gasteiger partial charge is 0.465 e. The number of carbonyl (C=O) groups excluding carboxylic acids is 1. The molecule has 0 aliphatic rings. The van der Waals surface area contributed by atoms with Crippen LogP contribution in [-0.2, 0) is 11.8 Å². The molecule has 0 atom stereocenters. The second-order valence-electron chi connectivity index (χ2n) is 3.59. The van der Waals surface area contributed by atoms with Gasteiger partial charge in [0.05, 0.1) is 23.9 Å². The van der Waals surface area contributed by atoms with Crippen molar-refractivity contribution < 1.29 is 9.53 Å².